The SMILES string of the molecule is O=C(NC1CCCCC1)c1cc(NC(=O)c2ccco2)cc(NC(=O)c2ccco2)c1. The number of carbonyl (C=O) groups excluding carboxylic acids is 3. The molecular formula is C23H23N3O5. The van der Waals surface area contributed by atoms with Gasteiger partial charge >= 0.3 is 0 Å². The predicted octanol–water partition coefficient (Wildman–Crippen LogP) is 4.44. The topological polar surface area (TPSA) is 114 Å². The van der Waals surface area contributed by atoms with Gasteiger partial charge in [0.1, 0.15) is 0 Å². The van der Waals surface area contributed by atoms with Crippen LogP contribution in [0.4, 0.5) is 11.4 Å². The van der Waals surface area contributed by atoms with Crippen LogP contribution in [-0.4, -0.2) is 23.8 Å². The highest BCUT2D eigenvalue weighted by atomic mass is 16.3. The minimum Gasteiger partial charge on any atom is -0.459 e. The molecule has 8 nitrogen and oxygen atoms in total. The van der Waals surface area contributed by atoms with Crippen LogP contribution in [-0.2, 0) is 0 Å². The van der Waals surface area contributed by atoms with Crippen molar-refractivity contribution in [1.29, 1.82) is 0 Å². The Hall–Kier alpha value is -3.81. The van der Waals surface area contributed by atoms with Crippen LogP contribution in [0.25, 0.3) is 0 Å². The van der Waals surface area contributed by atoms with Crippen molar-refractivity contribution < 1.29 is 23.2 Å². The fourth-order valence-corrected chi connectivity index (χ4v) is 3.62. The normalized spacial score (nSPS) is 14.1. The molecule has 2 heterocycles. The molecule has 0 saturated heterocycles. The molecule has 160 valence electrons. The fourth-order valence-electron chi connectivity index (χ4n) is 3.62. The average Bonchev–Trinajstić information content (AvgIpc) is 3.48. The summed E-state index contributed by atoms with van der Waals surface area (Å²) in [6.07, 6.45) is 8.06. The van der Waals surface area contributed by atoms with Gasteiger partial charge < -0.3 is 24.8 Å². The van der Waals surface area contributed by atoms with Crippen molar-refractivity contribution in [2.45, 2.75) is 38.1 Å². The minimum absolute atomic E-state index is 0.128. The Morgan fingerprint density at radius 2 is 1.29 bits per heavy atom. The Balaban J connectivity index is 1.56. The van der Waals surface area contributed by atoms with Crippen LogP contribution in [0.15, 0.2) is 63.8 Å². The van der Waals surface area contributed by atoms with Gasteiger partial charge in [-0.3, -0.25) is 14.4 Å². The zero-order valence-corrected chi connectivity index (χ0v) is 16.9. The number of nitrogens with one attached hydrogen (secondary N) is 3. The first-order chi connectivity index (χ1) is 15.1. The maximum absolute atomic E-state index is 12.9. The molecule has 0 radical (unpaired) electrons. The van der Waals surface area contributed by atoms with Crippen molar-refractivity contribution in [3.05, 3.63) is 72.1 Å². The second kappa shape index (κ2) is 9.34. The third-order valence-corrected chi connectivity index (χ3v) is 5.14. The molecule has 3 aromatic rings. The van der Waals surface area contributed by atoms with Crippen LogP contribution in [0.3, 0.4) is 0 Å². The Kier molecular flexibility index (Phi) is 6.16. The van der Waals surface area contributed by atoms with Crippen molar-refractivity contribution in [1.82, 2.24) is 5.32 Å². The van der Waals surface area contributed by atoms with Gasteiger partial charge in [0.05, 0.1) is 12.5 Å². The summed E-state index contributed by atoms with van der Waals surface area (Å²) in [6, 6.07) is 11.1. The Labute approximate surface area is 179 Å². The fraction of sp³-hybridized carbons (Fsp3) is 0.261. The quantitative estimate of drug-likeness (QED) is 0.544. The standard InChI is InChI=1S/C23H23N3O5/c27-21(24-16-6-2-1-3-7-16)15-12-17(25-22(28)19-8-4-10-30-19)14-18(13-15)26-23(29)20-9-5-11-31-20/h4-5,8-14,16H,1-3,6-7H2,(H,24,27)(H,25,28)(H,26,29). The molecule has 0 bridgehead atoms. The highest BCUT2D eigenvalue weighted by Crippen LogP contribution is 2.23. The van der Waals surface area contributed by atoms with Gasteiger partial charge in [0, 0.05) is 23.0 Å². The lowest BCUT2D eigenvalue weighted by Gasteiger charge is -2.23. The zero-order chi connectivity index (χ0) is 21.6. The molecule has 1 saturated carbocycles. The highest BCUT2D eigenvalue weighted by Gasteiger charge is 2.19. The summed E-state index contributed by atoms with van der Waals surface area (Å²) < 4.78 is 10.2. The van der Waals surface area contributed by atoms with Gasteiger partial charge in [-0.05, 0) is 55.3 Å². The van der Waals surface area contributed by atoms with Crippen LogP contribution < -0.4 is 16.0 Å². The summed E-state index contributed by atoms with van der Waals surface area (Å²) in [6.45, 7) is 0. The molecule has 1 fully saturated rings. The third kappa shape index (κ3) is 5.22. The largest absolute Gasteiger partial charge is 0.459 e. The van der Waals surface area contributed by atoms with Crippen LogP contribution in [0.2, 0.25) is 0 Å². The third-order valence-electron chi connectivity index (χ3n) is 5.14. The van der Waals surface area contributed by atoms with Gasteiger partial charge in [-0.1, -0.05) is 19.3 Å². The number of rotatable bonds is 6. The highest BCUT2D eigenvalue weighted by molar-refractivity contribution is 6.06. The van der Waals surface area contributed by atoms with E-state index in [1.807, 2.05) is 0 Å². The summed E-state index contributed by atoms with van der Waals surface area (Å²) in [7, 11) is 0. The Morgan fingerprint density at radius 3 is 1.77 bits per heavy atom. The lowest BCUT2D eigenvalue weighted by Crippen LogP contribution is -2.36. The summed E-state index contributed by atoms with van der Waals surface area (Å²) in [5, 5.41) is 8.46. The van der Waals surface area contributed by atoms with E-state index in [1.54, 1.807) is 30.3 Å². The lowest BCUT2D eigenvalue weighted by atomic mass is 9.95. The van der Waals surface area contributed by atoms with E-state index >= 15 is 0 Å². The Morgan fingerprint density at radius 1 is 0.742 bits per heavy atom. The van der Waals surface area contributed by atoms with Gasteiger partial charge in [-0.2, -0.15) is 0 Å². The summed E-state index contributed by atoms with van der Waals surface area (Å²) in [5.74, 6) is -0.901. The average molecular weight is 421 g/mol. The van der Waals surface area contributed by atoms with E-state index < -0.39 is 11.8 Å². The second-order valence-electron chi connectivity index (χ2n) is 7.47. The van der Waals surface area contributed by atoms with Crippen molar-refractivity contribution in [3.8, 4) is 0 Å². The van der Waals surface area contributed by atoms with Crippen LogP contribution in [0.5, 0.6) is 0 Å². The number of benzene rings is 1. The first-order valence-electron chi connectivity index (χ1n) is 10.2. The molecule has 3 N–H and O–H groups in total. The van der Waals surface area contributed by atoms with E-state index in [9.17, 15) is 14.4 Å². The number of furan rings is 2. The predicted molar refractivity (Wildman–Crippen MR) is 114 cm³/mol. The molecule has 0 unspecified atom stereocenters. The van der Waals surface area contributed by atoms with Crippen molar-refractivity contribution in [2.75, 3.05) is 10.6 Å². The van der Waals surface area contributed by atoms with Crippen LogP contribution in [0.1, 0.15) is 63.6 Å². The van der Waals surface area contributed by atoms with E-state index in [0.717, 1.165) is 25.7 Å². The smallest absolute Gasteiger partial charge is 0.291 e. The molecule has 1 aromatic carbocycles. The maximum atomic E-state index is 12.9. The van der Waals surface area contributed by atoms with E-state index in [0.29, 0.717) is 16.9 Å². The van der Waals surface area contributed by atoms with Crippen molar-refractivity contribution in [2.24, 2.45) is 0 Å². The molecule has 8 heteroatoms. The van der Waals surface area contributed by atoms with Gasteiger partial charge in [-0.15, -0.1) is 0 Å². The summed E-state index contributed by atoms with van der Waals surface area (Å²) in [5.41, 5.74) is 1.04. The van der Waals surface area contributed by atoms with Crippen molar-refractivity contribution in [3.63, 3.8) is 0 Å². The molecule has 1 aliphatic rings. The lowest BCUT2D eigenvalue weighted by molar-refractivity contribution is 0.0925. The van der Waals surface area contributed by atoms with Gasteiger partial charge in [0.15, 0.2) is 11.5 Å². The Bertz CT molecular complexity index is 985. The number of hydrogen-bond donors (Lipinski definition) is 3. The number of carbonyl (C=O) groups is 3. The number of amides is 3. The minimum atomic E-state index is -0.460. The van der Waals surface area contributed by atoms with Crippen molar-refractivity contribution >= 4 is 29.1 Å². The van der Waals surface area contributed by atoms with E-state index in [-0.39, 0.29) is 23.5 Å². The molecule has 1 aliphatic carbocycles. The second-order valence-corrected chi connectivity index (χ2v) is 7.47. The molecule has 4 rings (SSSR count). The van der Waals surface area contributed by atoms with Gasteiger partial charge in [-0.25, -0.2) is 0 Å². The molecule has 0 aliphatic heterocycles. The van der Waals surface area contributed by atoms with Gasteiger partial charge in [0.2, 0.25) is 0 Å². The van der Waals surface area contributed by atoms with Crippen LogP contribution in [0, 0.1) is 0 Å². The first-order valence-corrected chi connectivity index (χ1v) is 10.2. The van der Waals surface area contributed by atoms with E-state index in [2.05, 4.69) is 16.0 Å². The van der Waals surface area contributed by atoms with E-state index in [4.69, 9.17) is 8.83 Å². The molecule has 2 aromatic heterocycles. The van der Waals surface area contributed by atoms with Crippen LogP contribution >= 0.6 is 0 Å². The maximum Gasteiger partial charge on any atom is 0.291 e. The monoisotopic (exact) mass is 421 g/mol. The number of hydrogen-bond acceptors (Lipinski definition) is 5. The molecule has 0 atom stereocenters. The number of anilines is 2. The molecule has 0 spiro atoms. The molecular weight excluding hydrogens is 398 g/mol. The van der Waals surface area contributed by atoms with E-state index in [1.165, 1.54) is 31.1 Å². The molecule has 31 heavy (non-hydrogen) atoms. The van der Waals surface area contributed by atoms with Gasteiger partial charge in [0.25, 0.3) is 17.7 Å². The first kappa shape index (κ1) is 20.5. The summed E-state index contributed by atoms with van der Waals surface area (Å²) >= 11 is 0. The molecule has 3 amide bonds. The zero-order valence-electron chi connectivity index (χ0n) is 16.9. The summed E-state index contributed by atoms with van der Waals surface area (Å²) in [4.78, 5) is 37.6.